The summed E-state index contributed by atoms with van der Waals surface area (Å²) < 4.78 is 19.6. The summed E-state index contributed by atoms with van der Waals surface area (Å²) in [4.78, 5) is 11.9. The molecule has 29 heavy (non-hydrogen) atoms. The van der Waals surface area contributed by atoms with Crippen molar-refractivity contribution >= 4 is 40.5 Å². The van der Waals surface area contributed by atoms with Crippen LogP contribution in [0.5, 0.6) is 5.75 Å². The molecule has 2 amide bonds. The lowest BCUT2D eigenvalue weighted by Gasteiger charge is -2.09. The molecule has 3 aromatic carbocycles. The van der Waals surface area contributed by atoms with E-state index in [1.165, 1.54) is 12.1 Å². The van der Waals surface area contributed by atoms with E-state index in [1.807, 2.05) is 49.4 Å². The predicted molar refractivity (Wildman–Crippen MR) is 121 cm³/mol. The number of urea groups is 1. The number of hydrogen-bond donors (Lipinski definition) is 2. The van der Waals surface area contributed by atoms with Crippen LogP contribution in [0.25, 0.3) is 0 Å². The SMILES string of the molecule is Cc1ccccc1NC(=O)NN=Cc1ccc(OCc2ccc(F)cc2)c(I)c1. The highest BCUT2D eigenvalue weighted by Crippen LogP contribution is 2.22. The van der Waals surface area contributed by atoms with E-state index in [4.69, 9.17) is 4.74 Å². The molecule has 0 aliphatic carbocycles. The first-order valence-corrected chi connectivity index (χ1v) is 9.91. The maximum Gasteiger partial charge on any atom is 0.339 e. The number of ether oxygens (including phenoxy) is 1. The van der Waals surface area contributed by atoms with E-state index in [0.717, 1.165) is 31.7 Å². The molecule has 0 heterocycles. The molecule has 0 saturated heterocycles. The second-order valence-corrected chi connectivity index (χ2v) is 7.41. The number of para-hydroxylation sites is 1. The van der Waals surface area contributed by atoms with E-state index in [1.54, 1.807) is 18.3 Å². The molecule has 3 aromatic rings. The summed E-state index contributed by atoms with van der Waals surface area (Å²) in [5.74, 6) is 0.450. The zero-order valence-electron chi connectivity index (χ0n) is 15.7. The Labute approximate surface area is 182 Å². The lowest BCUT2D eigenvalue weighted by Crippen LogP contribution is -2.24. The van der Waals surface area contributed by atoms with Gasteiger partial charge in [0, 0.05) is 5.69 Å². The Morgan fingerprint density at radius 1 is 1.14 bits per heavy atom. The Morgan fingerprint density at radius 2 is 1.90 bits per heavy atom. The molecule has 0 saturated carbocycles. The van der Waals surface area contributed by atoms with Gasteiger partial charge < -0.3 is 10.1 Å². The predicted octanol–water partition coefficient (Wildman–Crippen LogP) is 5.47. The van der Waals surface area contributed by atoms with Crippen molar-refractivity contribution in [2.24, 2.45) is 5.10 Å². The summed E-state index contributed by atoms with van der Waals surface area (Å²) in [5.41, 5.74) is 5.86. The highest BCUT2D eigenvalue weighted by atomic mass is 127. The molecule has 0 fully saturated rings. The molecule has 0 aliphatic heterocycles. The minimum Gasteiger partial charge on any atom is -0.488 e. The number of halogens is 2. The van der Waals surface area contributed by atoms with Crippen LogP contribution in [0, 0.1) is 16.3 Å². The molecule has 0 unspecified atom stereocenters. The fraction of sp³-hybridized carbons (Fsp3) is 0.0909. The van der Waals surface area contributed by atoms with Crippen LogP contribution in [0.15, 0.2) is 71.8 Å². The third-order valence-electron chi connectivity index (χ3n) is 4.04. The Hall–Kier alpha value is -2.94. The first-order chi connectivity index (χ1) is 14.0. The molecule has 7 heteroatoms. The summed E-state index contributed by atoms with van der Waals surface area (Å²) in [6, 6.07) is 18.9. The van der Waals surface area contributed by atoms with E-state index in [-0.39, 0.29) is 5.82 Å². The van der Waals surface area contributed by atoms with Crippen LogP contribution in [0.2, 0.25) is 0 Å². The van der Waals surface area contributed by atoms with Crippen LogP contribution in [0.4, 0.5) is 14.9 Å². The van der Waals surface area contributed by atoms with E-state index in [0.29, 0.717) is 6.61 Å². The van der Waals surface area contributed by atoms with Crippen molar-refractivity contribution < 1.29 is 13.9 Å². The van der Waals surface area contributed by atoms with Crippen LogP contribution >= 0.6 is 22.6 Å². The van der Waals surface area contributed by atoms with Crippen molar-refractivity contribution in [3.63, 3.8) is 0 Å². The van der Waals surface area contributed by atoms with Crippen LogP contribution in [-0.4, -0.2) is 12.2 Å². The van der Waals surface area contributed by atoms with E-state index < -0.39 is 6.03 Å². The molecule has 3 rings (SSSR count). The second kappa shape index (κ2) is 10.0. The third kappa shape index (κ3) is 6.28. The van der Waals surface area contributed by atoms with Gasteiger partial charge in [0.05, 0.1) is 9.78 Å². The van der Waals surface area contributed by atoms with Crippen molar-refractivity contribution in [3.8, 4) is 5.75 Å². The van der Waals surface area contributed by atoms with Gasteiger partial charge in [-0.05, 0) is 82.6 Å². The molecule has 0 atom stereocenters. The topological polar surface area (TPSA) is 62.7 Å². The van der Waals surface area contributed by atoms with Crippen LogP contribution < -0.4 is 15.5 Å². The fourth-order valence-corrected chi connectivity index (χ4v) is 3.18. The molecule has 0 aromatic heterocycles. The molecular weight excluding hydrogens is 484 g/mol. The van der Waals surface area contributed by atoms with Gasteiger partial charge >= 0.3 is 6.03 Å². The number of rotatable bonds is 6. The number of anilines is 1. The van der Waals surface area contributed by atoms with Crippen molar-refractivity contribution in [2.75, 3.05) is 5.32 Å². The van der Waals surface area contributed by atoms with Crippen LogP contribution in [-0.2, 0) is 6.61 Å². The monoisotopic (exact) mass is 503 g/mol. The Bertz CT molecular complexity index is 1020. The lowest BCUT2D eigenvalue weighted by molar-refractivity contribution is 0.252. The minimum absolute atomic E-state index is 0.270. The Morgan fingerprint density at radius 3 is 2.62 bits per heavy atom. The number of hydrogen-bond acceptors (Lipinski definition) is 3. The molecule has 148 valence electrons. The number of carbonyl (C=O) groups is 1. The first kappa shape index (κ1) is 20.8. The van der Waals surface area contributed by atoms with Gasteiger partial charge in [0.1, 0.15) is 18.2 Å². The smallest absolute Gasteiger partial charge is 0.339 e. The highest BCUT2D eigenvalue weighted by molar-refractivity contribution is 14.1. The van der Waals surface area contributed by atoms with Gasteiger partial charge in [-0.1, -0.05) is 30.3 Å². The zero-order valence-corrected chi connectivity index (χ0v) is 17.8. The number of nitrogens with zero attached hydrogens (tertiary/aromatic N) is 1. The molecule has 0 aliphatic rings. The summed E-state index contributed by atoms with van der Waals surface area (Å²) in [6.45, 7) is 2.27. The molecular formula is C22H19FIN3O2. The van der Waals surface area contributed by atoms with Gasteiger partial charge in [0.2, 0.25) is 0 Å². The van der Waals surface area contributed by atoms with Gasteiger partial charge in [-0.25, -0.2) is 14.6 Å². The number of aryl methyl sites for hydroxylation is 1. The number of amides is 2. The van der Waals surface area contributed by atoms with Crippen molar-refractivity contribution in [2.45, 2.75) is 13.5 Å². The van der Waals surface area contributed by atoms with Gasteiger partial charge in [0.15, 0.2) is 0 Å². The van der Waals surface area contributed by atoms with Gasteiger partial charge in [-0.3, -0.25) is 0 Å². The quantitative estimate of drug-likeness (QED) is 0.266. The zero-order chi connectivity index (χ0) is 20.6. The fourth-order valence-electron chi connectivity index (χ4n) is 2.49. The summed E-state index contributed by atoms with van der Waals surface area (Å²) in [5, 5.41) is 6.72. The molecule has 0 radical (unpaired) electrons. The standard InChI is InChI=1S/C22H19FIN3O2/c1-15-4-2-3-5-20(15)26-22(28)27-25-13-17-8-11-21(19(24)12-17)29-14-16-6-9-18(23)10-7-16/h2-13H,14H2,1H3,(H2,26,27,28). The number of benzene rings is 3. The molecule has 0 bridgehead atoms. The summed E-state index contributed by atoms with van der Waals surface area (Å²) in [6.07, 6.45) is 1.56. The third-order valence-corrected chi connectivity index (χ3v) is 4.88. The Balaban J connectivity index is 1.53. The van der Waals surface area contributed by atoms with Gasteiger partial charge in [-0.15, -0.1) is 0 Å². The average molecular weight is 503 g/mol. The maximum atomic E-state index is 13.0. The van der Waals surface area contributed by atoms with E-state index in [2.05, 4.69) is 38.4 Å². The molecule has 2 N–H and O–H groups in total. The second-order valence-electron chi connectivity index (χ2n) is 6.24. The number of hydrazone groups is 1. The van der Waals surface area contributed by atoms with Crippen LogP contribution in [0.1, 0.15) is 16.7 Å². The van der Waals surface area contributed by atoms with Crippen molar-refractivity contribution in [3.05, 3.63) is 92.8 Å². The molecule has 0 spiro atoms. The average Bonchev–Trinajstić information content (AvgIpc) is 2.70. The van der Waals surface area contributed by atoms with Crippen LogP contribution in [0.3, 0.4) is 0 Å². The van der Waals surface area contributed by atoms with Crippen molar-refractivity contribution in [1.82, 2.24) is 5.43 Å². The van der Waals surface area contributed by atoms with Crippen molar-refractivity contribution in [1.29, 1.82) is 0 Å². The van der Waals surface area contributed by atoms with E-state index in [9.17, 15) is 9.18 Å². The van der Waals surface area contributed by atoms with Gasteiger partial charge in [-0.2, -0.15) is 5.10 Å². The minimum atomic E-state index is -0.413. The first-order valence-electron chi connectivity index (χ1n) is 8.84. The Kier molecular flexibility index (Phi) is 7.18. The van der Waals surface area contributed by atoms with Gasteiger partial charge in [0.25, 0.3) is 0 Å². The maximum absolute atomic E-state index is 13.0. The largest absolute Gasteiger partial charge is 0.488 e. The number of carbonyl (C=O) groups excluding carboxylic acids is 1. The lowest BCUT2D eigenvalue weighted by atomic mass is 10.2. The number of nitrogens with one attached hydrogen (secondary N) is 2. The highest BCUT2D eigenvalue weighted by Gasteiger charge is 2.04. The van der Waals surface area contributed by atoms with E-state index >= 15 is 0 Å². The normalized spacial score (nSPS) is 10.7. The summed E-state index contributed by atoms with van der Waals surface area (Å²) >= 11 is 2.17. The molecule has 5 nitrogen and oxygen atoms in total. The summed E-state index contributed by atoms with van der Waals surface area (Å²) in [7, 11) is 0.